The Balaban J connectivity index is 1.10. The Morgan fingerprint density at radius 2 is 0.476 bits per heavy atom. The van der Waals surface area contributed by atoms with Crippen molar-refractivity contribution in [2.24, 2.45) is 0 Å². The van der Waals surface area contributed by atoms with Gasteiger partial charge in [0, 0.05) is 0 Å². The van der Waals surface area contributed by atoms with Crippen LogP contribution in [0.15, 0.2) is 158 Å². The van der Waals surface area contributed by atoms with E-state index in [1.165, 1.54) is 86.9 Å². The van der Waals surface area contributed by atoms with Crippen LogP contribution in [0.3, 0.4) is 0 Å². The van der Waals surface area contributed by atoms with Crippen molar-refractivity contribution in [3.8, 4) is 22.3 Å². The summed E-state index contributed by atoms with van der Waals surface area (Å²) in [5.74, 6) is 0. The first kappa shape index (κ1) is 23.3. The Hall–Kier alpha value is -5.46. The molecule has 0 saturated carbocycles. The van der Waals surface area contributed by atoms with Crippen molar-refractivity contribution in [2.75, 3.05) is 0 Å². The predicted molar refractivity (Wildman–Crippen MR) is 182 cm³/mol. The SMILES string of the molecule is c1ccc2cc3cc(-c4ccc5c(ccc6cc(-c7ccc8cc9ccccc9cc8c7)ccc65)c4)ccc3cc2c1. The van der Waals surface area contributed by atoms with Gasteiger partial charge < -0.3 is 0 Å². The number of hydrogen-bond donors (Lipinski definition) is 0. The first-order valence-electron chi connectivity index (χ1n) is 14.6. The van der Waals surface area contributed by atoms with E-state index >= 15 is 0 Å². The molecule has 194 valence electrons. The maximum Gasteiger partial charge on any atom is -0.0105 e. The van der Waals surface area contributed by atoms with Crippen molar-refractivity contribution in [1.82, 2.24) is 0 Å². The lowest BCUT2D eigenvalue weighted by Crippen LogP contribution is -1.84. The summed E-state index contributed by atoms with van der Waals surface area (Å²) in [5, 5.41) is 15.4. The van der Waals surface area contributed by atoms with Crippen LogP contribution in [0.1, 0.15) is 0 Å². The fourth-order valence-corrected chi connectivity index (χ4v) is 6.67. The number of rotatable bonds is 2. The van der Waals surface area contributed by atoms with E-state index in [2.05, 4.69) is 158 Å². The monoisotopic (exact) mass is 530 g/mol. The smallest absolute Gasteiger partial charge is 0.0105 e. The number of fused-ring (bicyclic) bond motifs is 7. The van der Waals surface area contributed by atoms with Crippen molar-refractivity contribution >= 4 is 64.6 Å². The Morgan fingerprint density at radius 1 is 0.190 bits per heavy atom. The summed E-state index contributed by atoms with van der Waals surface area (Å²) < 4.78 is 0. The highest BCUT2D eigenvalue weighted by Gasteiger charge is 2.08. The summed E-state index contributed by atoms with van der Waals surface area (Å²) >= 11 is 0. The van der Waals surface area contributed by atoms with Crippen molar-refractivity contribution < 1.29 is 0 Å². The third kappa shape index (κ3) is 3.77. The van der Waals surface area contributed by atoms with E-state index in [1.807, 2.05) is 0 Å². The minimum absolute atomic E-state index is 1.25. The Labute approximate surface area is 244 Å². The maximum absolute atomic E-state index is 2.33. The second-order valence-electron chi connectivity index (χ2n) is 11.5. The van der Waals surface area contributed by atoms with E-state index in [4.69, 9.17) is 0 Å². The third-order valence-corrected chi connectivity index (χ3v) is 8.91. The molecule has 0 aromatic heterocycles. The number of hydrogen-bond acceptors (Lipinski definition) is 0. The molecule has 0 fully saturated rings. The van der Waals surface area contributed by atoms with Crippen LogP contribution in [0.4, 0.5) is 0 Å². The largest absolute Gasteiger partial charge is 0.0616 e. The standard InChI is InChI=1S/C42H26/c1-3-7-29-23-39-25-31(9-11-35(39)19-27(29)5-1)33-15-17-41-37(21-33)13-14-38-22-34(16-18-42(38)41)32-10-12-36-20-28-6-2-4-8-30(28)24-40(36)26-32/h1-26H. The third-order valence-electron chi connectivity index (χ3n) is 8.91. The molecule has 0 nitrogen and oxygen atoms in total. The number of benzene rings is 9. The lowest BCUT2D eigenvalue weighted by atomic mass is 9.93. The highest BCUT2D eigenvalue weighted by atomic mass is 14.1. The molecular formula is C42H26. The molecule has 42 heavy (non-hydrogen) atoms. The first-order chi connectivity index (χ1) is 20.7. The van der Waals surface area contributed by atoms with E-state index in [1.54, 1.807) is 0 Å². The highest BCUT2D eigenvalue weighted by Crippen LogP contribution is 2.35. The Morgan fingerprint density at radius 3 is 0.881 bits per heavy atom. The van der Waals surface area contributed by atoms with Gasteiger partial charge in [0.05, 0.1) is 0 Å². The van der Waals surface area contributed by atoms with Crippen LogP contribution < -0.4 is 0 Å². The average molecular weight is 531 g/mol. The molecule has 0 heteroatoms. The second-order valence-corrected chi connectivity index (χ2v) is 11.5. The van der Waals surface area contributed by atoms with Crippen LogP contribution in [-0.2, 0) is 0 Å². The summed E-state index contributed by atoms with van der Waals surface area (Å²) in [6.45, 7) is 0. The molecule has 0 amide bonds. The van der Waals surface area contributed by atoms with Gasteiger partial charge in [0.15, 0.2) is 0 Å². The molecule has 0 atom stereocenters. The molecule has 9 aromatic carbocycles. The molecule has 9 aromatic rings. The molecular weight excluding hydrogens is 504 g/mol. The van der Waals surface area contributed by atoms with Crippen LogP contribution in [0, 0.1) is 0 Å². The molecule has 0 unspecified atom stereocenters. The summed E-state index contributed by atoms with van der Waals surface area (Å²) in [4.78, 5) is 0. The van der Waals surface area contributed by atoms with Crippen LogP contribution in [0.2, 0.25) is 0 Å². The second kappa shape index (κ2) is 9.03. The molecule has 9 rings (SSSR count). The lowest BCUT2D eigenvalue weighted by Gasteiger charge is -2.11. The van der Waals surface area contributed by atoms with Crippen molar-refractivity contribution in [2.45, 2.75) is 0 Å². The van der Waals surface area contributed by atoms with Gasteiger partial charge in [-0.3, -0.25) is 0 Å². The Bertz CT molecular complexity index is 2340. The zero-order valence-corrected chi connectivity index (χ0v) is 23.0. The lowest BCUT2D eigenvalue weighted by molar-refractivity contribution is 1.67. The summed E-state index contributed by atoms with van der Waals surface area (Å²) in [7, 11) is 0. The first-order valence-corrected chi connectivity index (χ1v) is 14.6. The molecule has 0 saturated heterocycles. The summed E-state index contributed by atoms with van der Waals surface area (Å²) in [6, 6.07) is 58.3. The molecule has 0 N–H and O–H groups in total. The topological polar surface area (TPSA) is 0 Å². The van der Waals surface area contributed by atoms with Crippen LogP contribution >= 0.6 is 0 Å². The molecule has 0 aliphatic heterocycles. The molecule has 0 bridgehead atoms. The minimum atomic E-state index is 1.25. The molecule has 0 spiro atoms. The fourth-order valence-electron chi connectivity index (χ4n) is 6.67. The van der Waals surface area contributed by atoms with Gasteiger partial charge in [-0.25, -0.2) is 0 Å². The maximum atomic E-state index is 2.33. The summed E-state index contributed by atoms with van der Waals surface area (Å²) in [6.07, 6.45) is 0. The van der Waals surface area contributed by atoms with Crippen LogP contribution in [0.5, 0.6) is 0 Å². The quantitative estimate of drug-likeness (QED) is 0.154. The van der Waals surface area contributed by atoms with E-state index in [9.17, 15) is 0 Å². The molecule has 0 heterocycles. The Kier molecular flexibility index (Phi) is 5.00. The van der Waals surface area contributed by atoms with Crippen molar-refractivity contribution in [3.63, 3.8) is 0 Å². The van der Waals surface area contributed by atoms with Crippen LogP contribution in [0.25, 0.3) is 86.9 Å². The van der Waals surface area contributed by atoms with Gasteiger partial charge in [-0.1, -0.05) is 109 Å². The molecule has 0 aliphatic rings. The van der Waals surface area contributed by atoms with Gasteiger partial charge in [0.25, 0.3) is 0 Å². The van der Waals surface area contributed by atoms with Gasteiger partial charge in [-0.2, -0.15) is 0 Å². The van der Waals surface area contributed by atoms with Gasteiger partial charge >= 0.3 is 0 Å². The fraction of sp³-hybridized carbons (Fsp3) is 0. The van der Waals surface area contributed by atoms with E-state index in [-0.39, 0.29) is 0 Å². The normalized spacial score (nSPS) is 11.8. The zero-order valence-electron chi connectivity index (χ0n) is 23.0. The van der Waals surface area contributed by atoms with Gasteiger partial charge in [0.2, 0.25) is 0 Å². The molecule has 0 aliphatic carbocycles. The molecule has 0 radical (unpaired) electrons. The minimum Gasteiger partial charge on any atom is -0.0616 e. The van der Waals surface area contributed by atoms with E-state index < -0.39 is 0 Å². The zero-order chi connectivity index (χ0) is 27.6. The van der Waals surface area contributed by atoms with Crippen LogP contribution in [-0.4, -0.2) is 0 Å². The van der Waals surface area contributed by atoms with E-state index in [0.29, 0.717) is 0 Å². The highest BCUT2D eigenvalue weighted by molar-refractivity contribution is 6.10. The van der Waals surface area contributed by atoms with E-state index in [0.717, 1.165) is 0 Å². The van der Waals surface area contributed by atoms with Crippen molar-refractivity contribution in [1.29, 1.82) is 0 Å². The van der Waals surface area contributed by atoms with Gasteiger partial charge in [-0.15, -0.1) is 0 Å². The average Bonchev–Trinajstić information content (AvgIpc) is 3.05. The van der Waals surface area contributed by atoms with Gasteiger partial charge in [-0.05, 0) is 135 Å². The van der Waals surface area contributed by atoms with Gasteiger partial charge in [0.1, 0.15) is 0 Å². The van der Waals surface area contributed by atoms with Crippen molar-refractivity contribution in [3.05, 3.63) is 158 Å². The summed E-state index contributed by atoms with van der Waals surface area (Å²) in [5.41, 5.74) is 4.99. The predicted octanol–water partition coefficient (Wildman–Crippen LogP) is 11.9.